The topological polar surface area (TPSA) is 90.8 Å². The highest BCUT2D eigenvalue weighted by atomic mass is 19.4. The number of alkyl halides is 5. The molecule has 3 aromatic rings. The average Bonchev–Trinajstić information content (AvgIpc) is 3.21. The predicted octanol–water partition coefficient (Wildman–Crippen LogP) is 2.92. The summed E-state index contributed by atoms with van der Waals surface area (Å²) in [6.07, 6.45) is -6.92. The van der Waals surface area contributed by atoms with Gasteiger partial charge in [-0.2, -0.15) is 17.7 Å². The molecule has 0 spiro atoms. The summed E-state index contributed by atoms with van der Waals surface area (Å²) in [5.74, 6) is -0.560. The van der Waals surface area contributed by atoms with Crippen LogP contribution in [0.1, 0.15) is 24.6 Å². The second kappa shape index (κ2) is 6.27. The molecule has 2 aliphatic rings. The molecule has 0 amide bonds. The Hall–Kier alpha value is -2.96. The van der Waals surface area contributed by atoms with Gasteiger partial charge in [0, 0.05) is 17.8 Å². The highest BCUT2D eigenvalue weighted by Gasteiger charge is 2.45. The summed E-state index contributed by atoms with van der Waals surface area (Å²) in [4.78, 5) is 9.88. The van der Waals surface area contributed by atoms with Crippen LogP contribution >= 0.6 is 0 Å². The van der Waals surface area contributed by atoms with E-state index in [1.54, 1.807) is 0 Å². The first-order chi connectivity index (χ1) is 14.1. The van der Waals surface area contributed by atoms with Crippen LogP contribution in [-0.2, 0) is 0 Å². The molecule has 5 rings (SSSR count). The van der Waals surface area contributed by atoms with E-state index in [4.69, 9.17) is 5.73 Å². The van der Waals surface area contributed by atoms with E-state index >= 15 is 0 Å². The second-order valence-electron chi connectivity index (χ2n) is 7.32. The summed E-state index contributed by atoms with van der Waals surface area (Å²) >= 11 is 0. The number of nitrogen functional groups attached to an aromatic ring is 1. The van der Waals surface area contributed by atoms with Gasteiger partial charge in [0.2, 0.25) is 5.95 Å². The lowest BCUT2D eigenvalue weighted by molar-refractivity contribution is -0.286. The van der Waals surface area contributed by atoms with Crippen molar-refractivity contribution in [3.63, 3.8) is 0 Å². The molecule has 2 N–H and O–H groups in total. The molecule has 13 heteroatoms. The van der Waals surface area contributed by atoms with Crippen molar-refractivity contribution < 1.29 is 31.4 Å². The Morgan fingerprint density at radius 1 is 1.20 bits per heavy atom. The Kier molecular flexibility index (Phi) is 3.98. The van der Waals surface area contributed by atoms with Gasteiger partial charge in [-0.05, 0) is 31.5 Å². The molecule has 0 bridgehead atoms. The van der Waals surface area contributed by atoms with E-state index in [9.17, 15) is 22.0 Å². The van der Waals surface area contributed by atoms with Crippen LogP contribution in [0.25, 0.3) is 16.6 Å². The van der Waals surface area contributed by atoms with Crippen molar-refractivity contribution >= 4 is 22.5 Å². The van der Waals surface area contributed by atoms with Crippen molar-refractivity contribution in [2.75, 3.05) is 25.4 Å². The Morgan fingerprint density at radius 3 is 2.77 bits per heavy atom. The number of aromatic nitrogens is 4. The number of nitrogens with zero attached hydrogens (tertiary/aromatic N) is 5. The van der Waals surface area contributed by atoms with Crippen molar-refractivity contribution in [3.05, 3.63) is 18.0 Å². The van der Waals surface area contributed by atoms with Gasteiger partial charge in [0.25, 0.3) is 0 Å². The first-order valence-electron chi connectivity index (χ1n) is 9.13. The average molecular weight is 430 g/mol. The summed E-state index contributed by atoms with van der Waals surface area (Å²) in [7, 11) is 0. The van der Waals surface area contributed by atoms with Gasteiger partial charge < -0.3 is 15.2 Å². The van der Waals surface area contributed by atoms with Crippen LogP contribution in [0.5, 0.6) is 11.5 Å². The molecule has 1 atom stereocenters. The molecule has 30 heavy (non-hydrogen) atoms. The van der Waals surface area contributed by atoms with Crippen LogP contribution in [0.4, 0.5) is 27.9 Å². The minimum absolute atomic E-state index is 0.0379. The largest absolute Gasteiger partial charge is 0.586 e. The fraction of sp³-hybridized carbons (Fsp3) is 0.471. The van der Waals surface area contributed by atoms with Crippen LogP contribution in [-0.4, -0.2) is 56.6 Å². The monoisotopic (exact) mass is 430 g/mol. The predicted molar refractivity (Wildman–Crippen MR) is 93.4 cm³/mol. The zero-order valence-corrected chi connectivity index (χ0v) is 15.3. The van der Waals surface area contributed by atoms with Crippen LogP contribution in [0.15, 0.2) is 12.1 Å². The minimum atomic E-state index is -4.29. The lowest BCUT2D eigenvalue weighted by atomic mass is 9.97. The van der Waals surface area contributed by atoms with E-state index in [2.05, 4.69) is 24.5 Å². The van der Waals surface area contributed by atoms with E-state index < -0.39 is 19.0 Å². The Morgan fingerprint density at radius 2 is 2.00 bits per heavy atom. The standard InChI is InChI=1S/C17H15F5N6O2/c18-16(19,20)7-27-5-1-2-8(6-27)13-25-14-9-3-4-10-12(30-17(21,22)29-10)11(9)24-15(23)28(14)26-13/h3-4,8H,1-2,5-7H2,(H2,23,24)/t8-/m1/s1. The van der Waals surface area contributed by atoms with E-state index in [0.29, 0.717) is 30.6 Å². The quantitative estimate of drug-likeness (QED) is 0.625. The number of hydrogen-bond acceptors (Lipinski definition) is 7. The third-order valence-electron chi connectivity index (χ3n) is 5.13. The number of hydrogen-bond donors (Lipinski definition) is 1. The van der Waals surface area contributed by atoms with Crippen LogP contribution < -0.4 is 15.2 Å². The molecule has 0 unspecified atom stereocenters. The molecule has 2 aliphatic heterocycles. The Bertz CT molecular complexity index is 1150. The maximum atomic E-state index is 13.5. The van der Waals surface area contributed by atoms with E-state index in [1.165, 1.54) is 21.5 Å². The lowest BCUT2D eigenvalue weighted by Gasteiger charge is -2.31. The highest BCUT2D eigenvalue weighted by molar-refractivity contribution is 5.97. The molecule has 160 valence electrons. The third-order valence-corrected chi connectivity index (χ3v) is 5.13. The summed E-state index contributed by atoms with van der Waals surface area (Å²) in [5.41, 5.74) is 6.23. The van der Waals surface area contributed by atoms with Crippen LogP contribution in [0.2, 0.25) is 0 Å². The fourth-order valence-electron chi connectivity index (χ4n) is 3.95. The van der Waals surface area contributed by atoms with Crippen molar-refractivity contribution in [2.24, 2.45) is 0 Å². The molecule has 0 radical (unpaired) electrons. The minimum Gasteiger partial charge on any atom is -0.395 e. The molecular formula is C17H15F5N6O2. The molecule has 1 fully saturated rings. The van der Waals surface area contributed by atoms with E-state index in [-0.39, 0.29) is 41.1 Å². The number of rotatable bonds is 2. The van der Waals surface area contributed by atoms with Crippen LogP contribution in [0, 0.1) is 0 Å². The van der Waals surface area contributed by atoms with Crippen LogP contribution in [0.3, 0.4) is 0 Å². The number of nitrogens with two attached hydrogens (primary N) is 1. The van der Waals surface area contributed by atoms with E-state index in [1.807, 2.05) is 0 Å². The summed E-state index contributed by atoms with van der Waals surface area (Å²) in [6.45, 7) is -0.505. The molecule has 1 aromatic carbocycles. The fourth-order valence-corrected chi connectivity index (χ4v) is 3.95. The van der Waals surface area contributed by atoms with Gasteiger partial charge in [0.05, 0.1) is 6.54 Å². The lowest BCUT2D eigenvalue weighted by Crippen LogP contribution is -2.40. The van der Waals surface area contributed by atoms with Gasteiger partial charge in [-0.3, -0.25) is 4.90 Å². The molecule has 4 heterocycles. The Labute approximate surface area is 165 Å². The normalized spacial score (nSPS) is 21.6. The number of benzene rings is 1. The van der Waals surface area contributed by atoms with Gasteiger partial charge >= 0.3 is 12.5 Å². The number of piperidine rings is 1. The summed E-state index contributed by atoms with van der Waals surface area (Å²) < 4.78 is 75.4. The molecule has 1 saturated heterocycles. The Balaban J connectivity index is 1.55. The SMILES string of the molecule is Nc1nc2c3c(ccc2c2nc([C@@H]4CCCN(CC(F)(F)F)C4)nn12)OC(F)(F)O3. The molecular weight excluding hydrogens is 415 g/mol. The number of fused-ring (bicyclic) bond motifs is 5. The third kappa shape index (κ3) is 3.22. The number of likely N-dealkylation sites (tertiary alicyclic amines) is 1. The zero-order valence-electron chi connectivity index (χ0n) is 15.3. The maximum Gasteiger partial charge on any atom is 0.586 e. The molecule has 8 nitrogen and oxygen atoms in total. The van der Waals surface area contributed by atoms with Crippen molar-refractivity contribution in [2.45, 2.75) is 31.2 Å². The van der Waals surface area contributed by atoms with Gasteiger partial charge in [-0.1, -0.05) is 0 Å². The summed E-state index contributed by atoms with van der Waals surface area (Å²) in [5, 5.41) is 4.68. The molecule has 2 aromatic heterocycles. The highest BCUT2D eigenvalue weighted by Crippen LogP contribution is 2.45. The smallest absolute Gasteiger partial charge is 0.395 e. The summed E-state index contributed by atoms with van der Waals surface area (Å²) in [6, 6.07) is 2.78. The maximum absolute atomic E-state index is 13.5. The van der Waals surface area contributed by atoms with Gasteiger partial charge in [0.1, 0.15) is 5.52 Å². The van der Waals surface area contributed by atoms with Crippen molar-refractivity contribution in [1.29, 1.82) is 0 Å². The van der Waals surface area contributed by atoms with Crippen molar-refractivity contribution in [1.82, 2.24) is 24.5 Å². The second-order valence-corrected chi connectivity index (χ2v) is 7.32. The van der Waals surface area contributed by atoms with Gasteiger partial charge in [-0.25, -0.2) is 9.97 Å². The number of anilines is 1. The van der Waals surface area contributed by atoms with E-state index in [0.717, 1.165) is 0 Å². The zero-order chi connectivity index (χ0) is 21.3. The number of ether oxygens (including phenoxy) is 2. The molecule has 0 saturated carbocycles. The van der Waals surface area contributed by atoms with Gasteiger partial charge in [0.15, 0.2) is 23.0 Å². The molecule has 0 aliphatic carbocycles. The first-order valence-corrected chi connectivity index (χ1v) is 9.13. The van der Waals surface area contributed by atoms with Crippen molar-refractivity contribution in [3.8, 4) is 11.5 Å². The first kappa shape index (κ1) is 19.0. The number of halogens is 5. The van der Waals surface area contributed by atoms with Gasteiger partial charge in [-0.15, -0.1) is 13.9 Å².